The van der Waals surface area contributed by atoms with E-state index in [4.69, 9.17) is 9.47 Å². The van der Waals surface area contributed by atoms with Crippen LogP contribution in [0.3, 0.4) is 0 Å². The van der Waals surface area contributed by atoms with Crippen molar-refractivity contribution in [3.8, 4) is 0 Å². The lowest BCUT2D eigenvalue weighted by Gasteiger charge is -2.47. The molecule has 4 atom stereocenters. The zero-order chi connectivity index (χ0) is 30.8. The molecule has 0 radical (unpaired) electrons. The number of aryl methyl sites for hydroxylation is 1. The minimum absolute atomic E-state index is 0.0383. The van der Waals surface area contributed by atoms with Crippen LogP contribution >= 0.6 is 0 Å². The Morgan fingerprint density at radius 3 is 2.30 bits per heavy atom. The number of piperidine rings is 1. The highest BCUT2D eigenvalue weighted by Gasteiger charge is 2.51. The summed E-state index contributed by atoms with van der Waals surface area (Å²) in [7, 11) is 3.93. The number of nitrogens with one attached hydrogen (secondary N) is 2. The van der Waals surface area contributed by atoms with Crippen LogP contribution in [-0.4, -0.2) is 69.3 Å². The van der Waals surface area contributed by atoms with Gasteiger partial charge in [-0.2, -0.15) is 0 Å². The Kier molecular flexibility index (Phi) is 8.86. The summed E-state index contributed by atoms with van der Waals surface area (Å²) in [6.07, 6.45) is 2.43. The second-order valence-electron chi connectivity index (χ2n) is 12.4. The summed E-state index contributed by atoms with van der Waals surface area (Å²) in [4.78, 5) is 32.3. The molecule has 6 rings (SSSR count). The molecule has 3 heterocycles. The monoisotopic (exact) mass is 600 g/mol. The van der Waals surface area contributed by atoms with Crippen molar-refractivity contribution in [1.29, 1.82) is 0 Å². The SMILES string of the molecule is Cc1cccc(F)c1C(=O)N1C2COC[C@@H]2C[C@H](C(=O)Nc2ccc(N(C)C)cc2)[C@@H]1c1ccc(NC2CCOCC2)cc1. The number of likely N-dealkylation sites (tertiary alicyclic amines) is 1. The molecular formula is C35H41FN4O4. The summed E-state index contributed by atoms with van der Waals surface area (Å²) < 4.78 is 26.6. The fourth-order valence-corrected chi connectivity index (χ4v) is 6.86. The minimum atomic E-state index is -0.609. The number of anilines is 3. The van der Waals surface area contributed by atoms with E-state index in [0.717, 1.165) is 43.0 Å². The van der Waals surface area contributed by atoms with Crippen LogP contribution < -0.4 is 15.5 Å². The molecule has 3 aliphatic heterocycles. The number of hydrogen-bond acceptors (Lipinski definition) is 6. The Morgan fingerprint density at radius 1 is 0.909 bits per heavy atom. The first kappa shape index (κ1) is 30.1. The number of nitrogens with zero attached hydrogens (tertiary/aromatic N) is 2. The molecule has 232 valence electrons. The Labute approximate surface area is 258 Å². The largest absolute Gasteiger partial charge is 0.382 e. The van der Waals surface area contributed by atoms with Crippen LogP contribution in [0, 0.1) is 24.6 Å². The third-order valence-corrected chi connectivity index (χ3v) is 9.26. The normalized spacial score (nSPS) is 23.6. The minimum Gasteiger partial charge on any atom is -0.382 e. The van der Waals surface area contributed by atoms with Gasteiger partial charge in [0.25, 0.3) is 5.91 Å². The number of carbonyl (C=O) groups is 2. The van der Waals surface area contributed by atoms with Crippen molar-refractivity contribution in [2.24, 2.45) is 11.8 Å². The molecular weight excluding hydrogens is 559 g/mol. The molecule has 2 N–H and O–H groups in total. The molecule has 8 nitrogen and oxygen atoms in total. The average molecular weight is 601 g/mol. The summed E-state index contributed by atoms with van der Waals surface area (Å²) >= 11 is 0. The van der Waals surface area contributed by atoms with Gasteiger partial charge in [0.2, 0.25) is 5.91 Å². The van der Waals surface area contributed by atoms with Gasteiger partial charge in [-0.15, -0.1) is 0 Å². The smallest absolute Gasteiger partial charge is 0.257 e. The molecule has 3 aromatic carbocycles. The van der Waals surface area contributed by atoms with Gasteiger partial charge in [0.05, 0.1) is 36.8 Å². The first-order valence-electron chi connectivity index (χ1n) is 15.5. The maximum absolute atomic E-state index is 15.3. The van der Waals surface area contributed by atoms with E-state index in [1.54, 1.807) is 24.0 Å². The van der Waals surface area contributed by atoms with Gasteiger partial charge < -0.3 is 29.9 Å². The van der Waals surface area contributed by atoms with Crippen molar-refractivity contribution in [2.75, 3.05) is 56.1 Å². The number of ether oxygens (including phenoxy) is 2. The lowest BCUT2D eigenvalue weighted by Crippen LogP contribution is -2.55. The van der Waals surface area contributed by atoms with Gasteiger partial charge in [-0.25, -0.2) is 4.39 Å². The van der Waals surface area contributed by atoms with Crippen LogP contribution in [0.5, 0.6) is 0 Å². The Hall–Kier alpha value is -3.95. The number of fused-ring (bicyclic) bond motifs is 1. The molecule has 2 amide bonds. The fraction of sp³-hybridized carbons (Fsp3) is 0.429. The Balaban J connectivity index is 1.36. The summed E-state index contributed by atoms with van der Waals surface area (Å²) in [6, 6.07) is 19.8. The van der Waals surface area contributed by atoms with Gasteiger partial charge in [-0.05, 0) is 79.8 Å². The van der Waals surface area contributed by atoms with Gasteiger partial charge in [-0.1, -0.05) is 24.3 Å². The van der Waals surface area contributed by atoms with Crippen LogP contribution in [0.15, 0.2) is 66.7 Å². The standard InChI is InChI=1S/C35H41FN4O4/c1-22-5-4-6-30(36)32(22)35(42)40-31-21-44-20-24(31)19-29(34(41)38-26-11-13-28(14-12-26)39(2)3)33(40)23-7-9-25(10-8-23)37-27-15-17-43-18-16-27/h4-14,24,27,29,31,33,37H,15-21H2,1-3H3,(H,38,41)/t24-,29-,31?,33-/m0/s1. The third-order valence-electron chi connectivity index (χ3n) is 9.26. The van der Waals surface area contributed by atoms with Crippen molar-refractivity contribution in [2.45, 2.75) is 44.3 Å². The number of amides is 2. The van der Waals surface area contributed by atoms with Crippen LogP contribution in [-0.2, 0) is 14.3 Å². The molecule has 0 bridgehead atoms. The summed E-state index contributed by atoms with van der Waals surface area (Å²) in [5.41, 5.74) is 4.12. The van der Waals surface area contributed by atoms with E-state index in [1.165, 1.54) is 6.07 Å². The van der Waals surface area contributed by atoms with Crippen LogP contribution in [0.4, 0.5) is 21.5 Å². The molecule has 3 aromatic rings. The van der Waals surface area contributed by atoms with E-state index >= 15 is 4.39 Å². The van der Waals surface area contributed by atoms with Gasteiger partial charge in [-0.3, -0.25) is 9.59 Å². The zero-order valence-corrected chi connectivity index (χ0v) is 25.6. The summed E-state index contributed by atoms with van der Waals surface area (Å²) in [6.45, 7) is 4.03. The van der Waals surface area contributed by atoms with Crippen LogP contribution in [0.2, 0.25) is 0 Å². The van der Waals surface area contributed by atoms with Crippen LogP contribution in [0.1, 0.15) is 46.8 Å². The first-order chi connectivity index (χ1) is 21.3. The second kappa shape index (κ2) is 13.0. The van der Waals surface area contributed by atoms with Crippen molar-refractivity contribution < 1.29 is 23.5 Å². The van der Waals surface area contributed by atoms with E-state index in [0.29, 0.717) is 36.9 Å². The van der Waals surface area contributed by atoms with Crippen LogP contribution in [0.25, 0.3) is 0 Å². The van der Waals surface area contributed by atoms with Crippen molar-refractivity contribution in [1.82, 2.24) is 4.90 Å². The molecule has 0 aliphatic carbocycles. The maximum atomic E-state index is 15.3. The number of carbonyl (C=O) groups excluding carboxylic acids is 2. The molecule has 44 heavy (non-hydrogen) atoms. The van der Waals surface area contributed by atoms with Crippen molar-refractivity contribution in [3.05, 3.63) is 89.2 Å². The summed E-state index contributed by atoms with van der Waals surface area (Å²) in [5.74, 6) is -1.76. The highest BCUT2D eigenvalue weighted by molar-refractivity contribution is 5.98. The maximum Gasteiger partial charge on any atom is 0.257 e. The Morgan fingerprint density at radius 2 is 1.61 bits per heavy atom. The van der Waals surface area contributed by atoms with E-state index in [1.807, 2.05) is 67.5 Å². The molecule has 9 heteroatoms. The number of halogens is 1. The Bertz CT molecular complexity index is 1450. The third kappa shape index (κ3) is 6.16. The summed E-state index contributed by atoms with van der Waals surface area (Å²) in [5, 5.41) is 6.70. The van der Waals surface area contributed by atoms with E-state index in [2.05, 4.69) is 10.6 Å². The predicted molar refractivity (Wildman–Crippen MR) is 170 cm³/mol. The van der Waals surface area contributed by atoms with E-state index in [-0.39, 0.29) is 23.4 Å². The van der Waals surface area contributed by atoms with Crippen molar-refractivity contribution in [3.63, 3.8) is 0 Å². The lowest BCUT2D eigenvalue weighted by atomic mass is 9.76. The number of benzene rings is 3. The number of hydrogen-bond donors (Lipinski definition) is 2. The van der Waals surface area contributed by atoms with Crippen molar-refractivity contribution >= 4 is 28.9 Å². The van der Waals surface area contributed by atoms with Gasteiger partial charge in [0, 0.05) is 56.3 Å². The highest BCUT2D eigenvalue weighted by Crippen LogP contribution is 2.46. The molecule has 1 unspecified atom stereocenters. The average Bonchev–Trinajstić information content (AvgIpc) is 3.50. The zero-order valence-electron chi connectivity index (χ0n) is 25.6. The van der Waals surface area contributed by atoms with E-state index < -0.39 is 23.7 Å². The molecule has 0 spiro atoms. The lowest BCUT2D eigenvalue weighted by molar-refractivity contribution is -0.124. The first-order valence-corrected chi connectivity index (χ1v) is 15.5. The quantitative estimate of drug-likeness (QED) is 0.365. The molecule has 0 aromatic heterocycles. The molecule has 3 fully saturated rings. The predicted octanol–water partition coefficient (Wildman–Crippen LogP) is 5.65. The highest BCUT2D eigenvalue weighted by atomic mass is 19.1. The molecule has 3 saturated heterocycles. The second-order valence-corrected chi connectivity index (χ2v) is 12.4. The number of rotatable bonds is 7. The topological polar surface area (TPSA) is 83.1 Å². The molecule has 3 aliphatic rings. The molecule has 0 saturated carbocycles. The fourth-order valence-electron chi connectivity index (χ4n) is 6.86. The van der Waals surface area contributed by atoms with Gasteiger partial charge in [0.1, 0.15) is 5.82 Å². The van der Waals surface area contributed by atoms with E-state index in [9.17, 15) is 9.59 Å². The van der Waals surface area contributed by atoms with Gasteiger partial charge in [0.15, 0.2) is 0 Å². The van der Waals surface area contributed by atoms with Gasteiger partial charge >= 0.3 is 0 Å².